The van der Waals surface area contributed by atoms with Crippen LogP contribution in [0.3, 0.4) is 0 Å². The molecule has 0 radical (unpaired) electrons. The minimum Gasteiger partial charge on any atom is -0.376 e. The summed E-state index contributed by atoms with van der Waals surface area (Å²) in [6.07, 6.45) is 2.19. The predicted octanol–water partition coefficient (Wildman–Crippen LogP) is 3.68. The zero-order chi connectivity index (χ0) is 16.2. The first-order chi connectivity index (χ1) is 11.1. The van der Waals surface area contributed by atoms with Gasteiger partial charge in [-0.05, 0) is 35.2 Å². The molecule has 3 rings (SSSR count). The van der Waals surface area contributed by atoms with Gasteiger partial charge in [0.25, 0.3) is 5.91 Å². The number of amides is 1. The van der Waals surface area contributed by atoms with Crippen LogP contribution in [0.2, 0.25) is 0 Å². The smallest absolute Gasteiger partial charge is 0.276 e. The van der Waals surface area contributed by atoms with E-state index in [4.69, 9.17) is 9.26 Å². The van der Waals surface area contributed by atoms with Gasteiger partial charge in [-0.15, -0.1) is 0 Å². The largest absolute Gasteiger partial charge is 0.376 e. The fourth-order valence-corrected chi connectivity index (χ4v) is 3.34. The summed E-state index contributed by atoms with van der Waals surface area (Å²) in [5, 5.41) is 8.05. The Hall–Kier alpha value is -1.66. The van der Waals surface area contributed by atoms with Gasteiger partial charge in [0, 0.05) is 31.7 Å². The van der Waals surface area contributed by atoms with Gasteiger partial charge in [0.05, 0.1) is 6.10 Å². The fourth-order valence-electron chi connectivity index (χ4n) is 2.68. The van der Waals surface area contributed by atoms with Gasteiger partial charge in [-0.2, -0.15) is 11.3 Å². The number of aromatic nitrogens is 1. The summed E-state index contributed by atoms with van der Waals surface area (Å²) >= 11 is 1.64. The Labute approximate surface area is 140 Å². The molecule has 124 valence electrons. The van der Waals surface area contributed by atoms with Crippen molar-refractivity contribution < 1.29 is 14.1 Å². The van der Waals surface area contributed by atoms with Crippen LogP contribution in [-0.2, 0) is 11.3 Å². The Morgan fingerprint density at radius 2 is 2.39 bits per heavy atom. The van der Waals surface area contributed by atoms with Crippen molar-refractivity contribution in [3.63, 3.8) is 0 Å². The van der Waals surface area contributed by atoms with Crippen LogP contribution in [0.15, 0.2) is 27.4 Å². The molecule has 0 spiro atoms. The first-order valence-corrected chi connectivity index (χ1v) is 8.96. The van der Waals surface area contributed by atoms with E-state index >= 15 is 0 Å². The molecule has 1 fully saturated rings. The molecule has 0 N–H and O–H groups in total. The molecule has 3 heterocycles. The van der Waals surface area contributed by atoms with Crippen LogP contribution >= 0.6 is 11.3 Å². The number of thiophene rings is 1. The molecule has 5 nitrogen and oxygen atoms in total. The highest BCUT2D eigenvalue weighted by atomic mass is 32.1. The Morgan fingerprint density at radius 1 is 1.52 bits per heavy atom. The van der Waals surface area contributed by atoms with Crippen LogP contribution < -0.4 is 0 Å². The van der Waals surface area contributed by atoms with E-state index in [2.05, 4.69) is 10.5 Å². The average Bonchev–Trinajstić information content (AvgIpc) is 3.28. The molecule has 2 aromatic rings. The molecule has 6 heteroatoms. The van der Waals surface area contributed by atoms with Gasteiger partial charge in [0.1, 0.15) is 5.76 Å². The summed E-state index contributed by atoms with van der Waals surface area (Å²) < 4.78 is 11.0. The summed E-state index contributed by atoms with van der Waals surface area (Å²) in [6.45, 7) is 5.99. The van der Waals surface area contributed by atoms with Gasteiger partial charge in [0.2, 0.25) is 0 Å². The first-order valence-electron chi connectivity index (χ1n) is 8.02. The normalized spacial score (nSPS) is 17.8. The van der Waals surface area contributed by atoms with Crippen LogP contribution in [0.25, 0.3) is 0 Å². The predicted molar refractivity (Wildman–Crippen MR) is 88.6 cm³/mol. The number of ether oxygens (including phenoxy) is 1. The Kier molecular flexibility index (Phi) is 5.13. The minimum absolute atomic E-state index is 0.0950. The molecule has 1 aliphatic heterocycles. The standard InChI is InChI=1S/C17H22N2O3S/c1-12(2)16-8-15(18-22-16)17(20)19(9-13-5-7-23-11-13)10-14-4-3-6-21-14/h5,7-8,11-12,14H,3-4,6,9-10H2,1-2H3/t14-/m1/s1. The third-order valence-corrected chi connectivity index (χ3v) is 4.74. The van der Waals surface area contributed by atoms with E-state index in [1.165, 1.54) is 0 Å². The van der Waals surface area contributed by atoms with Crippen molar-refractivity contribution in [1.29, 1.82) is 0 Å². The van der Waals surface area contributed by atoms with Gasteiger partial charge in [-0.1, -0.05) is 19.0 Å². The number of hydrogen-bond acceptors (Lipinski definition) is 5. The van der Waals surface area contributed by atoms with E-state index in [-0.39, 0.29) is 17.9 Å². The summed E-state index contributed by atoms with van der Waals surface area (Å²) in [6, 6.07) is 3.80. The van der Waals surface area contributed by atoms with Gasteiger partial charge >= 0.3 is 0 Å². The topological polar surface area (TPSA) is 55.6 Å². The quantitative estimate of drug-likeness (QED) is 0.808. The zero-order valence-corrected chi connectivity index (χ0v) is 14.3. The molecule has 0 unspecified atom stereocenters. The van der Waals surface area contributed by atoms with Crippen molar-refractivity contribution in [3.8, 4) is 0 Å². The molecule has 0 aliphatic carbocycles. The molecule has 1 atom stereocenters. The molecule has 1 saturated heterocycles. The second kappa shape index (κ2) is 7.27. The van der Waals surface area contributed by atoms with Crippen LogP contribution in [0, 0.1) is 0 Å². The zero-order valence-electron chi connectivity index (χ0n) is 13.5. The summed E-state index contributed by atoms with van der Waals surface area (Å²) in [4.78, 5) is 14.7. The molecule has 0 bridgehead atoms. The highest BCUT2D eigenvalue weighted by Gasteiger charge is 2.26. The van der Waals surface area contributed by atoms with Crippen molar-refractivity contribution in [2.75, 3.05) is 13.2 Å². The third-order valence-electron chi connectivity index (χ3n) is 4.01. The van der Waals surface area contributed by atoms with E-state index in [1.807, 2.05) is 30.2 Å². The summed E-state index contributed by atoms with van der Waals surface area (Å²) in [5.41, 5.74) is 1.51. The van der Waals surface area contributed by atoms with E-state index in [1.54, 1.807) is 17.4 Å². The molecule has 2 aromatic heterocycles. The maximum Gasteiger partial charge on any atom is 0.276 e. The number of carbonyl (C=O) groups excluding carboxylic acids is 1. The molecular formula is C17H22N2O3S. The first kappa shape index (κ1) is 16.2. The lowest BCUT2D eigenvalue weighted by Crippen LogP contribution is -2.37. The third kappa shape index (κ3) is 4.00. The van der Waals surface area contributed by atoms with Gasteiger partial charge in [-0.3, -0.25) is 4.79 Å². The van der Waals surface area contributed by atoms with E-state index < -0.39 is 0 Å². The molecular weight excluding hydrogens is 312 g/mol. The lowest BCUT2D eigenvalue weighted by molar-refractivity contribution is 0.0500. The number of rotatable bonds is 6. The van der Waals surface area contributed by atoms with Gasteiger partial charge < -0.3 is 14.2 Å². The molecule has 0 saturated carbocycles. The van der Waals surface area contributed by atoms with Crippen molar-refractivity contribution in [2.24, 2.45) is 0 Å². The second-order valence-corrected chi connectivity index (χ2v) is 7.00. The Morgan fingerprint density at radius 3 is 3.00 bits per heavy atom. The minimum atomic E-state index is -0.0950. The lowest BCUT2D eigenvalue weighted by Gasteiger charge is -2.24. The second-order valence-electron chi connectivity index (χ2n) is 6.22. The van der Waals surface area contributed by atoms with Gasteiger partial charge in [-0.25, -0.2) is 0 Å². The summed E-state index contributed by atoms with van der Waals surface area (Å²) in [5.74, 6) is 0.857. The molecule has 23 heavy (non-hydrogen) atoms. The maximum absolute atomic E-state index is 12.8. The van der Waals surface area contributed by atoms with Crippen LogP contribution in [0.1, 0.15) is 54.4 Å². The van der Waals surface area contributed by atoms with Crippen LogP contribution in [0.4, 0.5) is 0 Å². The monoisotopic (exact) mass is 334 g/mol. The van der Waals surface area contributed by atoms with E-state index in [0.717, 1.165) is 30.8 Å². The summed E-state index contributed by atoms with van der Waals surface area (Å²) in [7, 11) is 0. The molecule has 0 aromatic carbocycles. The lowest BCUT2D eigenvalue weighted by atomic mass is 10.1. The van der Waals surface area contributed by atoms with Gasteiger partial charge in [0.15, 0.2) is 5.69 Å². The highest BCUT2D eigenvalue weighted by Crippen LogP contribution is 2.20. The average molecular weight is 334 g/mol. The van der Waals surface area contributed by atoms with Crippen molar-refractivity contribution in [1.82, 2.24) is 10.1 Å². The maximum atomic E-state index is 12.8. The molecule has 1 amide bonds. The van der Waals surface area contributed by atoms with E-state index in [0.29, 0.717) is 18.8 Å². The van der Waals surface area contributed by atoms with Crippen LogP contribution in [0.5, 0.6) is 0 Å². The highest BCUT2D eigenvalue weighted by molar-refractivity contribution is 7.07. The van der Waals surface area contributed by atoms with E-state index in [9.17, 15) is 4.79 Å². The van der Waals surface area contributed by atoms with Crippen molar-refractivity contribution >= 4 is 17.2 Å². The number of nitrogens with zero attached hydrogens (tertiary/aromatic N) is 2. The Bertz CT molecular complexity index is 630. The van der Waals surface area contributed by atoms with Crippen molar-refractivity contribution in [3.05, 3.63) is 39.9 Å². The fraction of sp³-hybridized carbons (Fsp3) is 0.529. The Balaban J connectivity index is 1.75. The van der Waals surface area contributed by atoms with Crippen molar-refractivity contribution in [2.45, 2.75) is 45.3 Å². The van der Waals surface area contributed by atoms with Crippen LogP contribution in [-0.4, -0.2) is 35.2 Å². The SMILES string of the molecule is CC(C)c1cc(C(=O)N(Cc2ccsc2)C[C@H]2CCCO2)no1. The molecule has 1 aliphatic rings. The number of carbonyl (C=O) groups is 1. The number of hydrogen-bond donors (Lipinski definition) is 0.